The van der Waals surface area contributed by atoms with Crippen molar-refractivity contribution in [3.8, 4) is 11.5 Å². The van der Waals surface area contributed by atoms with E-state index in [-0.39, 0.29) is 5.91 Å². The minimum atomic E-state index is -0.250. The summed E-state index contributed by atoms with van der Waals surface area (Å²) in [6, 6.07) is 14.9. The van der Waals surface area contributed by atoms with Gasteiger partial charge in [-0.1, -0.05) is 18.2 Å². The van der Waals surface area contributed by atoms with Gasteiger partial charge in [-0.25, -0.2) is 0 Å². The number of hydrogen-bond acceptors (Lipinski definition) is 5. The Morgan fingerprint density at radius 3 is 2.68 bits per heavy atom. The van der Waals surface area contributed by atoms with Crippen LogP contribution in [0.2, 0.25) is 0 Å². The zero-order valence-corrected chi connectivity index (χ0v) is 14.2. The number of carbonyl (C=O) groups is 1. The minimum absolute atomic E-state index is 0.250. The first-order chi connectivity index (χ1) is 12.2. The van der Waals surface area contributed by atoms with Crippen molar-refractivity contribution in [1.82, 2.24) is 15.5 Å². The first-order valence-corrected chi connectivity index (χ1v) is 7.93. The quantitative estimate of drug-likeness (QED) is 0.748. The Balaban J connectivity index is 1.66. The number of benzene rings is 2. The van der Waals surface area contributed by atoms with Crippen LogP contribution in [0.4, 0.5) is 0 Å². The standard InChI is InChI=1S/C19H19N3O3/c1-24-15-7-8-18(25-2)14(11-15)9-10-20-19(23)17-12-13-5-3-4-6-16(13)21-22-17/h3-8,11-12H,9-10H2,1-2H3,(H,20,23). The molecule has 128 valence electrons. The molecule has 3 rings (SSSR count). The van der Waals surface area contributed by atoms with Gasteiger partial charge in [-0.2, -0.15) is 0 Å². The second-order valence-electron chi connectivity index (χ2n) is 5.47. The molecule has 0 aliphatic rings. The highest BCUT2D eigenvalue weighted by molar-refractivity contribution is 5.95. The Morgan fingerprint density at radius 1 is 1.04 bits per heavy atom. The van der Waals surface area contributed by atoms with Gasteiger partial charge in [-0.05, 0) is 42.3 Å². The highest BCUT2D eigenvalue weighted by atomic mass is 16.5. The van der Waals surface area contributed by atoms with Crippen molar-refractivity contribution in [2.45, 2.75) is 6.42 Å². The third-order valence-electron chi connectivity index (χ3n) is 3.89. The first-order valence-electron chi connectivity index (χ1n) is 7.93. The normalized spacial score (nSPS) is 10.5. The van der Waals surface area contributed by atoms with Crippen molar-refractivity contribution < 1.29 is 14.3 Å². The van der Waals surface area contributed by atoms with E-state index in [0.29, 0.717) is 18.7 Å². The van der Waals surface area contributed by atoms with Crippen LogP contribution in [-0.2, 0) is 6.42 Å². The first kappa shape index (κ1) is 16.7. The average molecular weight is 337 g/mol. The molecule has 0 spiro atoms. The Hall–Kier alpha value is -3.15. The van der Waals surface area contributed by atoms with Crippen molar-refractivity contribution in [2.24, 2.45) is 0 Å². The van der Waals surface area contributed by atoms with Crippen LogP contribution in [0, 0.1) is 0 Å². The monoisotopic (exact) mass is 337 g/mol. The van der Waals surface area contributed by atoms with Gasteiger partial charge in [0.15, 0.2) is 5.69 Å². The number of nitrogens with zero attached hydrogens (tertiary/aromatic N) is 2. The molecule has 0 aliphatic heterocycles. The van der Waals surface area contributed by atoms with Gasteiger partial charge in [-0.15, -0.1) is 10.2 Å². The molecule has 1 aromatic heterocycles. The lowest BCUT2D eigenvalue weighted by atomic mass is 10.1. The number of ether oxygens (including phenoxy) is 2. The van der Waals surface area contributed by atoms with Crippen molar-refractivity contribution in [2.75, 3.05) is 20.8 Å². The van der Waals surface area contributed by atoms with E-state index >= 15 is 0 Å². The molecule has 1 amide bonds. The molecule has 2 aromatic carbocycles. The fraction of sp³-hybridized carbons (Fsp3) is 0.211. The fourth-order valence-corrected chi connectivity index (χ4v) is 2.57. The summed E-state index contributed by atoms with van der Waals surface area (Å²) in [5, 5.41) is 11.8. The summed E-state index contributed by atoms with van der Waals surface area (Å²) in [5.41, 5.74) is 2.03. The maximum Gasteiger partial charge on any atom is 0.271 e. The van der Waals surface area contributed by atoms with E-state index in [4.69, 9.17) is 9.47 Å². The summed E-state index contributed by atoms with van der Waals surface area (Å²) < 4.78 is 10.6. The van der Waals surface area contributed by atoms with Crippen LogP contribution in [-0.4, -0.2) is 36.9 Å². The van der Waals surface area contributed by atoms with E-state index in [1.54, 1.807) is 20.3 Å². The summed E-state index contributed by atoms with van der Waals surface area (Å²) in [7, 11) is 3.24. The maximum atomic E-state index is 12.3. The summed E-state index contributed by atoms with van der Waals surface area (Å²) >= 11 is 0. The fourth-order valence-electron chi connectivity index (χ4n) is 2.57. The Labute approximate surface area is 145 Å². The largest absolute Gasteiger partial charge is 0.497 e. The number of fused-ring (bicyclic) bond motifs is 1. The van der Waals surface area contributed by atoms with Crippen molar-refractivity contribution in [1.29, 1.82) is 0 Å². The lowest BCUT2D eigenvalue weighted by Crippen LogP contribution is -2.26. The lowest BCUT2D eigenvalue weighted by Gasteiger charge is -2.11. The molecule has 0 atom stereocenters. The van der Waals surface area contributed by atoms with E-state index in [1.165, 1.54) is 0 Å². The number of hydrogen-bond donors (Lipinski definition) is 1. The molecule has 6 heteroatoms. The minimum Gasteiger partial charge on any atom is -0.497 e. The van der Waals surface area contributed by atoms with E-state index < -0.39 is 0 Å². The van der Waals surface area contributed by atoms with E-state index in [0.717, 1.165) is 28.0 Å². The molecule has 6 nitrogen and oxygen atoms in total. The summed E-state index contributed by atoms with van der Waals surface area (Å²) in [4.78, 5) is 12.3. The molecule has 0 bridgehead atoms. The van der Waals surface area contributed by atoms with Crippen molar-refractivity contribution in [3.63, 3.8) is 0 Å². The number of rotatable bonds is 6. The molecule has 1 N–H and O–H groups in total. The SMILES string of the molecule is COc1ccc(OC)c(CCNC(=O)c2cc3ccccc3nn2)c1. The lowest BCUT2D eigenvalue weighted by molar-refractivity contribution is 0.0948. The Kier molecular flexibility index (Phi) is 5.09. The molecule has 1 heterocycles. The summed E-state index contributed by atoms with van der Waals surface area (Å²) in [6.07, 6.45) is 0.618. The topological polar surface area (TPSA) is 73.3 Å². The highest BCUT2D eigenvalue weighted by Crippen LogP contribution is 2.24. The molecule has 0 radical (unpaired) electrons. The maximum absolute atomic E-state index is 12.3. The third-order valence-corrected chi connectivity index (χ3v) is 3.89. The van der Waals surface area contributed by atoms with Gasteiger partial charge in [-0.3, -0.25) is 4.79 Å². The molecular weight excluding hydrogens is 318 g/mol. The van der Waals surface area contributed by atoms with Crippen molar-refractivity contribution in [3.05, 3.63) is 59.8 Å². The molecule has 0 saturated heterocycles. The van der Waals surface area contributed by atoms with Gasteiger partial charge in [0.1, 0.15) is 11.5 Å². The molecule has 3 aromatic rings. The predicted octanol–water partition coefficient (Wildman–Crippen LogP) is 2.62. The molecule has 0 fully saturated rings. The number of aromatic nitrogens is 2. The summed E-state index contributed by atoms with van der Waals surface area (Å²) in [6.45, 7) is 0.455. The second-order valence-corrected chi connectivity index (χ2v) is 5.47. The second kappa shape index (κ2) is 7.61. The summed E-state index contributed by atoms with van der Waals surface area (Å²) in [5.74, 6) is 1.27. The van der Waals surface area contributed by atoms with Crippen LogP contribution in [0.1, 0.15) is 16.1 Å². The van der Waals surface area contributed by atoms with Crippen LogP contribution in [0.15, 0.2) is 48.5 Å². The van der Waals surface area contributed by atoms with Gasteiger partial charge in [0.25, 0.3) is 5.91 Å². The van der Waals surface area contributed by atoms with Gasteiger partial charge >= 0.3 is 0 Å². The van der Waals surface area contributed by atoms with Gasteiger partial charge in [0.05, 0.1) is 19.7 Å². The molecule has 25 heavy (non-hydrogen) atoms. The van der Waals surface area contributed by atoms with Crippen LogP contribution in [0.3, 0.4) is 0 Å². The smallest absolute Gasteiger partial charge is 0.271 e. The van der Waals surface area contributed by atoms with Gasteiger partial charge in [0, 0.05) is 11.9 Å². The zero-order valence-electron chi connectivity index (χ0n) is 14.2. The van der Waals surface area contributed by atoms with Crippen LogP contribution in [0.25, 0.3) is 10.9 Å². The van der Waals surface area contributed by atoms with Gasteiger partial charge < -0.3 is 14.8 Å². The van der Waals surface area contributed by atoms with Crippen molar-refractivity contribution >= 4 is 16.8 Å². The Bertz CT molecular complexity index is 896. The van der Waals surface area contributed by atoms with E-state index in [1.807, 2.05) is 42.5 Å². The Morgan fingerprint density at radius 2 is 1.88 bits per heavy atom. The predicted molar refractivity (Wildman–Crippen MR) is 95.1 cm³/mol. The number of carbonyl (C=O) groups excluding carboxylic acids is 1. The molecule has 0 aliphatic carbocycles. The molecule has 0 unspecified atom stereocenters. The molecular formula is C19H19N3O3. The third kappa shape index (κ3) is 3.85. The number of methoxy groups -OCH3 is 2. The van der Waals surface area contributed by atoms with E-state index in [2.05, 4.69) is 15.5 Å². The zero-order chi connectivity index (χ0) is 17.6. The highest BCUT2D eigenvalue weighted by Gasteiger charge is 2.10. The van der Waals surface area contributed by atoms with Gasteiger partial charge in [0.2, 0.25) is 0 Å². The molecule has 0 saturated carbocycles. The number of nitrogens with one attached hydrogen (secondary N) is 1. The van der Waals surface area contributed by atoms with Crippen LogP contribution in [0.5, 0.6) is 11.5 Å². The van der Waals surface area contributed by atoms with Crippen LogP contribution >= 0.6 is 0 Å². The van der Waals surface area contributed by atoms with E-state index in [9.17, 15) is 4.79 Å². The van der Waals surface area contributed by atoms with Crippen LogP contribution < -0.4 is 14.8 Å². The average Bonchev–Trinajstić information content (AvgIpc) is 2.67. The number of amides is 1.